The smallest absolute Gasteiger partial charge is 0.110 e. The highest BCUT2D eigenvalue weighted by atomic mass is 15.4. The van der Waals surface area contributed by atoms with Gasteiger partial charge in [-0.25, -0.2) is 0 Å². The lowest BCUT2D eigenvalue weighted by atomic mass is 9.90. The first kappa shape index (κ1) is 52.8. The zero-order chi connectivity index (χ0) is 47.7. The molecule has 0 saturated carbocycles. The Balaban J connectivity index is 1.27. The summed E-state index contributed by atoms with van der Waals surface area (Å²) >= 11 is 0. The highest BCUT2D eigenvalue weighted by molar-refractivity contribution is 6.10. The second-order valence-electron chi connectivity index (χ2n) is 20.4. The Hall–Kier alpha value is -4.58. The molecule has 0 spiro atoms. The number of benzene rings is 5. The molecule has 1 aliphatic rings. The van der Waals surface area contributed by atoms with Crippen LogP contribution in [0.3, 0.4) is 0 Å². The second-order valence-corrected chi connectivity index (χ2v) is 20.4. The van der Waals surface area contributed by atoms with Gasteiger partial charge in [0.15, 0.2) is 0 Å². The van der Waals surface area contributed by atoms with Crippen LogP contribution in [0, 0.1) is 6.92 Å². The average molecular weight is 919 g/mol. The molecule has 68 heavy (non-hydrogen) atoms. The largest absolute Gasteiger partial charge is 0.348 e. The third kappa shape index (κ3) is 15.5. The molecular formula is C62H90N6. The normalized spacial score (nSPS) is 15.0. The molecule has 5 aromatic carbocycles. The summed E-state index contributed by atoms with van der Waals surface area (Å²) in [5, 5.41) is 23.9. The Morgan fingerprint density at radius 1 is 0.368 bits per heavy atom. The first-order chi connectivity index (χ1) is 33.5. The van der Waals surface area contributed by atoms with Crippen molar-refractivity contribution in [2.45, 2.75) is 220 Å². The molecule has 0 aliphatic carbocycles. The van der Waals surface area contributed by atoms with Crippen molar-refractivity contribution in [2.75, 3.05) is 22.9 Å². The van der Waals surface area contributed by atoms with Crippen LogP contribution in [-0.2, 0) is 0 Å². The summed E-state index contributed by atoms with van der Waals surface area (Å²) in [7, 11) is 0. The van der Waals surface area contributed by atoms with E-state index in [0.717, 1.165) is 46.6 Å². The Morgan fingerprint density at radius 3 is 1.24 bits per heavy atom. The van der Waals surface area contributed by atoms with Crippen molar-refractivity contribution in [3.63, 3.8) is 0 Å². The predicted octanol–water partition coefficient (Wildman–Crippen LogP) is 21.5. The summed E-state index contributed by atoms with van der Waals surface area (Å²) in [6.07, 6.45) is 37.6. The summed E-state index contributed by atoms with van der Waals surface area (Å²) < 4.78 is 0. The number of hydrogen-bond donors (Lipinski definition) is 0. The van der Waals surface area contributed by atoms with Crippen LogP contribution in [0.1, 0.15) is 213 Å². The number of fused-ring (bicyclic) bond motifs is 1. The number of nitrogens with zero attached hydrogens (tertiary/aromatic N) is 6. The lowest BCUT2D eigenvalue weighted by Gasteiger charge is -2.55. The highest BCUT2D eigenvalue weighted by Gasteiger charge is 2.42. The minimum absolute atomic E-state index is 0.0939. The topological polar surface area (TPSA) is 55.9 Å². The van der Waals surface area contributed by atoms with E-state index in [1.54, 1.807) is 0 Å². The summed E-state index contributed by atoms with van der Waals surface area (Å²) in [4.78, 5) is 5.72. The molecule has 1 aliphatic heterocycles. The summed E-state index contributed by atoms with van der Waals surface area (Å²) in [5.74, 6) is 0. The summed E-state index contributed by atoms with van der Waals surface area (Å²) in [6, 6.07) is 32.2. The van der Waals surface area contributed by atoms with Gasteiger partial charge in [-0.3, -0.25) is 0 Å². The summed E-state index contributed by atoms with van der Waals surface area (Å²) in [5.41, 5.74) is 7.30. The molecule has 0 radical (unpaired) electrons. The summed E-state index contributed by atoms with van der Waals surface area (Å²) in [6.45, 7) is 13.8. The van der Waals surface area contributed by atoms with E-state index in [9.17, 15) is 0 Å². The highest BCUT2D eigenvalue weighted by Crippen LogP contribution is 2.50. The monoisotopic (exact) mass is 919 g/mol. The van der Waals surface area contributed by atoms with Gasteiger partial charge < -0.3 is 9.80 Å². The maximum atomic E-state index is 5.09. The maximum Gasteiger partial charge on any atom is 0.110 e. The molecule has 368 valence electrons. The third-order valence-electron chi connectivity index (χ3n) is 14.9. The molecule has 1 unspecified atom stereocenters. The number of rotatable bonds is 34. The molecule has 0 bridgehead atoms. The van der Waals surface area contributed by atoms with Crippen molar-refractivity contribution in [1.29, 1.82) is 0 Å². The maximum absolute atomic E-state index is 5.09. The molecule has 0 fully saturated rings. The lowest BCUT2D eigenvalue weighted by Crippen LogP contribution is -2.62. The van der Waals surface area contributed by atoms with Crippen LogP contribution in [0.15, 0.2) is 111 Å². The van der Waals surface area contributed by atoms with Crippen molar-refractivity contribution < 1.29 is 0 Å². The van der Waals surface area contributed by atoms with Crippen LogP contribution in [0.5, 0.6) is 0 Å². The molecule has 6 nitrogen and oxygen atoms in total. The standard InChI is InChI=1S/C62H90N6/c1-6-9-12-15-18-21-22-23-24-27-32-48-62(5)67(49-33-28-25-19-16-13-10-7-2)59-39-35-38-55-58(46-47-60(61(55)59)68(62)50-34-29-26-20-17-14-11-8-3)66-65-57-45-44-56(53-36-30-31-37-54(53)57)64-63-52-42-40-51(4)41-43-52/h30-31,35-47H,6-29,32-34,48-50H2,1-5H3. The van der Waals surface area contributed by atoms with E-state index in [1.165, 1.54) is 207 Å². The van der Waals surface area contributed by atoms with Crippen molar-refractivity contribution in [3.05, 3.63) is 96.6 Å². The van der Waals surface area contributed by atoms with Crippen LogP contribution in [0.4, 0.5) is 34.1 Å². The van der Waals surface area contributed by atoms with Crippen molar-refractivity contribution >= 4 is 55.7 Å². The molecule has 5 aromatic rings. The minimum atomic E-state index is -0.0939. The average Bonchev–Trinajstić information content (AvgIpc) is 3.36. The van der Waals surface area contributed by atoms with Crippen LogP contribution in [0.25, 0.3) is 21.5 Å². The van der Waals surface area contributed by atoms with E-state index in [2.05, 4.69) is 121 Å². The quantitative estimate of drug-likeness (QED) is 0.0305. The van der Waals surface area contributed by atoms with Gasteiger partial charge in [-0.2, -0.15) is 5.11 Å². The number of azo groups is 2. The first-order valence-electron chi connectivity index (χ1n) is 28.0. The Labute approximate surface area is 413 Å². The minimum Gasteiger partial charge on any atom is -0.348 e. The molecule has 0 amide bonds. The van der Waals surface area contributed by atoms with E-state index in [1.807, 2.05) is 24.3 Å². The van der Waals surface area contributed by atoms with Crippen LogP contribution < -0.4 is 9.80 Å². The fraction of sp³-hybridized carbons (Fsp3) is 0.581. The van der Waals surface area contributed by atoms with Crippen molar-refractivity contribution in [2.24, 2.45) is 20.5 Å². The van der Waals surface area contributed by atoms with Gasteiger partial charge in [-0.15, -0.1) is 15.3 Å². The Kier molecular flexibility index (Phi) is 22.9. The molecule has 1 atom stereocenters. The van der Waals surface area contributed by atoms with E-state index < -0.39 is 0 Å². The zero-order valence-corrected chi connectivity index (χ0v) is 43.6. The van der Waals surface area contributed by atoms with Gasteiger partial charge in [0.05, 0.1) is 22.7 Å². The number of anilines is 2. The molecule has 0 saturated heterocycles. The van der Waals surface area contributed by atoms with Gasteiger partial charge in [0.2, 0.25) is 0 Å². The van der Waals surface area contributed by atoms with Crippen LogP contribution in [0.2, 0.25) is 0 Å². The van der Waals surface area contributed by atoms with Crippen LogP contribution in [-0.4, -0.2) is 18.8 Å². The fourth-order valence-corrected chi connectivity index (χ4v) is 10.8. The van der Waals surface area contributed by atoms with Crippen molar-refractivity contribution in [1.82, 2.24) is 0 Å². The molecular weight excluding hydrogens is 829 g/mol. The SMILES string of the molecule is CCCCCCCCCCCCCC1(C)N(CCCCCCCCCC)c2cccc3c(N=Nc4ccc(N=Nc5ccc(C)cc5)c5ccccc45)ccc(c23)N1CCCCCCCCCC. The molecule has 1 heterocycles. The zero-order valence-electron chi connectivity index (χ0n) is 43.6. The Morgan fingerprint density at radius 2 is 0.750 bits per heavy atom. The second kappa shape index (κ2) is 29.4. The molecule has 0 aromatic heterocycles. The van der Waals surface area contributed by atoms with E-state index in [0.29, 0.717) is 0 Å². The first-order valence-corrected chi connectivity index (χ1v) is 28.0. The number of hydrogen-bond acceptors (Lipinski definition) is 6. The van der Waals surface area contributed by atoms with Crippen LogP contribution >= 0.6 is 0 Å². The van der Waals surface area contributed by atoms with Gasteiger partial charge in [-0.1, -0.05) is 229 Å². The molecule has 6 rings (SSSR count). The Bertz CT molecular complexity index is 2220. The van der Waals surface area contributed by atoms with Gasteiger partial charge in [0.25, 0.3) is 0 Å². The van der Waals surface area contributed by atoms with Gasteiger partial charge in [0.1, 0.15) is 5.66 Å². The van der Waals surface area contributed by atoms with Gasteiger partial charge >= 0.3 is 0 Å². The van der Waals surface area contributed by atoms with E-state index >= 15 is 0 Å². The molecule has 0 N–H and O–H groups in total. The number of aryl methyl sites for hydroxylation is 1. The van der Waals surface area contributed by atoms with Gasteiger partial charge in [-0.05, 0) is 82.0 Å². The van der Waals surface area contributed by atoms with Crippen molar-refractivity contribution in [3.8, 4) is 0 Å². The third-order valence-corrected chi connectivity index (χ3v) is 14.9. The predicted molar refractivity (Wildman–Crippen MR) is 297 cm³/mol. The van der Waals surface area contributed by atoms with E-state index in [4.69, 9.17) is 10.2 Å². The van der Waals surface area contributed by atoms with E-state index in [-0.39, 0.29) is 5.66 Å². The number of unbranched alkanes of at least 4 members (excludes halogenated alkanes) is 24. The lowest BCUT2D eigenvalue weighted by molar-refractivity contribution is 0.341. The van der Waals surface area contributed by atoms with Gasteiger partial charge in [0, 0.05) is 46.0 Å². The fourth-order valence-electron chi connectivity index (χ4n) is 10.8. The molecule has 6 heteroatoms.